The number of unbranched alkanes of at least 4 members (excludes halogenated alkanes) is 12. The fourth-order valence-electron chi connectivity index (χ4n) is 4.01. The second-order valence-corrected chi connectivity index (χ2v) is 9.79. The number of allylic oxidation sites excluding steroid dienone is 7. The lowest BCUT2D eigenvalue weighted by Gasteiger charge is -2.20. The van der Waals surface area contributed by atoms with Crippen LogP contribution in [0.2, 0.25) is 0 Å². The van der Waals surface area contributed by atoms with Crippen molar-refractivity contribution in [2.45, 2.75) is 142 Å². The molecular formula is C32H57NO3. The minimum absolute atomic E-state index is 0.0882. The van der Waals surface area contributed by atoms with Crippen LogP contribution in [0.5, 0.6) is 0 Å². The van der Waals surface area contributed by atoms with Gasteiger partial charge in [-0.05, 0) is 51.4 Å². The average Bonchev–Trinajstić information content (AvgIpc) is 2.88. The highest BCUT2D eigenvalue weighted by molar-refractivity contribution is 5.76. The van der Waals surface area contributed by atoms with Crippen molar-refractivity contribution in [3.05, 3.63) is 48.6 Å². The van der Waals surface area contributed by atoms with Gasteiger partial charge in [-0.25, -0.2) is 0 Å². The first-order valence-electron chi connectivity index (χ1n) is 14.9. The van der Waals surface area contributed by atoms with E-state index >= 15 is 0 Å². The molecule has 4 nitrogen and oxygen atoms in total. The van der Waals surface area contributed by atoms with Crippen molar-refractivity contribution in [1.29, 1.82) is 0 Å². The van der Waals surface area contributed by atoms with Crippen LogP contribution in [0.3, 0.4) is 0 Å². The van der Waals surface area contributed by atoms with Crippen LogP contribution in [0.15, 0.2) is 48.6 Å². The van der Waals surface area contributed by atoms with Crippen LogP contribution in [0.4, 0.5) is 0 Å². The van der Waals surface area contributed by atoms with E-state index < -0.39 is 12.1 Å². The predicted molar refractivity (Wildman–Crippen MR) is 156 cm³/mol. The largest absolute Gasteiger partial charge is 0.394 e. The number of hydrogen-bond acceptors (Lipinski definition) is 3. The lowest BCUT2D eigenvalue weighted by atomic mass is 10.1. The molecule has 208 valence electrons. The zero-order valence-corrected chi connectivity index (χ0v) is 23.5. The van der Waals surface area contributed by atoms with Gasteiger partial charge in [0, 0.05) is 6.42 Å². The molecule has 0 heterocycles. The maximum atomic E-state index is 12.2. The molecule has 0 spiro atoms. The predicted octanol–water partition coefficient (Wildman–Crippen LogP) is 8.11. The van der Waals surface area contributed by atoms with Crippen molar-refractivity contribution in [2.24, 2.45) is 0 Å². The normalized spacial score (nSPS) is 14.0. The van der Waals surface area contributed by atoms with Gasteiger partial charge in [0.2, 0.25) is 5.91 Å². The van der Waals surface area contributed by atoms with Gasteiger partial charge < -0.3 is 15.5 Å². The maximum Gasteiger partial charge on any atom is 0.220 e. The molecular weight excluding hydrogens is 446 g/mol. The lowest BCUT2D eigenvalue weighted by Crippen LogP contribution is -2.45. The first kappa shape index (κ1) is 34.4. The van der Waals surface area contributed by atoms with Crippen molar-refractivity contribution >= 4 is 5.91 Å². The summed E-state index contributed by atoms with van der Waals surface area (Å²) < 4.78 is 0. The Balaban J connectivity index is 3.74. The SMILES string of the molecule is CC/C=C\C/C=C\C/C=C\CCCCCCCC(=O)NC(CO)C(O)/C=C/CCCCCCCCC. The van der Waals surface area contributed by atoms with Gasteiger partial charge in [0.25, 0.3) is 0 Å². The quantitative estimate of drug-likeness (QED) is 0.0870. The number of amides is 1. The summed E-state index contributed by atoms with van der Waals surface area (Å²) in [5, 5.41) is 22.6. The average molecular weight is 504 g/mol. The molecule has 0 aromatic rings. The summed E-state index contributed by atoms with van der Waals surface area (Å²) in [6.45, 7) is 4.13. The topological polar surface area (TPSA) is 69.6 Å². The van der Waals surface area contributed by atoms with Crippen molar-refractivity contribution in [2.75, 3.05) is 6.61 Å². The Bertz CT molecular complexity index is 594. The number of rotatable bonds is 25. The van der Waals surface area contributed by atoms with Crippen LogP contribution >= 0.6 is 0 Å². The Morgan fingerprint density at radius 2 is 1.22 bits per heavy atom. The number of nitrogens with one attached hydrogen (secondary N) is 1. The Morgan fingerprint density at radius 1 is 0.694 bits per heavy atom. The number of aliphatic hydroxyl groups is 2. The number of carbonyl (C=O) groups excluding carboxylic acids is 1. The van der Waals surface area contributed by atoms with Crippen LogP contribution in [0, 0.1) is 0 Å². The molecule has 0 saturated carbocycles. The molecule has 2 atom stereocenters. The summed E-state index contributed by atoms with van der Waals surface area (Å²) in [6.07, 6.45) is 36.1. The molecule has 0 aliphatic heterocycles. The van der Waals surface area contributed by atoms with Crippen molar-refractivity contribution in [1.82, 2.24) is 5.32 Å². The Morgan fingerprint density at radius 3 is 1.83 bits per heavy atom. The minimum atomic E-state index is -0.843. The Labute approximate surface area is 223 Å². The van der Waals surface area contributed by atoms with E-state index in [2.05, 4.69) is 55.6 Å². The Hall–Kier alpha value is -1.65. The lowest BCUT2D eigenvalue weighted by molar-refractivity contribution is -0.123. The monoisotopic (exact) mass is 503 g/mol. The fraction of sp³-hybridized carbons (Fsp3) is 0.719. The molecule has 3 N–H and O–H groups in total. The third-order valence-corrected chi connectivity index (χ3v) is 6.32. The van der Waals surface area contributed by atoms with Gasteiger partial charge in [0.15, 0.2) is 0 Å². The van der Waals surface area contributed by atoms with E-state index in [1.54, 1.807) is 6.08 Å². The van der Waals surface area contributed by atoms with Crippen LogP contribution in [0.25, 0.3) is 0 Å². The molecule has 0 rings (SSSR count). The van der Waals surface area contributed by atoms with E-state index in [0.717, 1.165) is 57.8 Å². The molecule has 0 saturated heterocycles. The molecule has 4 heteroatoms. The first-order chi connectivity index (χ1) is 17.7. The standard InChI is InChI=1S/C32H57NO3/c1-3-5-7-9-11-13-14-15-16-17-18-20-22-24-26-28-32(36)33-30(29-34)31(35)27-25-23-21-19-12-10-8-6-4-2/h5,7,11,13,15-16,25,27,30-31,34-35H,3-4,6,8-10,12,14,17-24,26,28-29H2,1-2H3,(H,33,36)/b7-5-,13-11-,16-15-,27-25+. The van der Waals surface area contributed by atoms with Gasteiger partial charge in [0.1, 0.15) is 0 Å². The molecule has 0 radical (unpaired) electrons. The van der Waals surface area contributed by atoms with Gasteiger partial charge in [-0.2, -0.15) is 0 Å². The smallest absolute Gasteiger partial charge is 0.220 e. The molecule has 0 aliphatic carbocycles. The van der Waals surface area contributed by atoms with Gasteiger partial charge in [-0.1, -0.05) is 120 Å². The molecule has 0 aliphatic rings. The third-order valence-electron chi connectivity index (χ3n) is 6.32. The van der Waals surface area contributed by atoms with Crippen LogP contribution in [-0.2, 0) is 4.79 Å². The number of carbonyl (C=O) groups is 1. The number of aliphatic hydroxyl groups excluding tert-OH is 2. The first-order valence-corrected chi connectivity index (χ1v) is 14.9. The van der Waals surface area contributed by atoms with Gasteiger partial charge >= 0.3 is 0 Å². The molecule has 1 amide bonds. The highest BCUT2D eigenvalue weighted by Gasteiger charge is 2.17. The summed E-state index contributed by atoms with van der Waals surface area (Å²) in [6, 6.07) is -0.628. The highest BCUT2D eigenvalue weighted by Crippen LogP contribution is 2.10. The summed E-state index contributed by atoms with van der Waals surface area (Å²) in [5.41, 5.74) is 0. The van der Waals surface area contributed by atoms with Gasteiger partial charge in [-0.15, -0.1) is 0 Å². The summed E-state index contributed by atoms with van der Waals surface area (Å²) in [5.74, 6) is -0.0882. The molecule has 0 bridgehead atoms. The second-order valence-electron chi connectivity index (χ2n) is 9.79. The van der Waals surface area contributed by atoms with E-state index in [9.17, 15) is 15.0 Å². The van der Waals surface area contributed by atoms with E-state index in [1.165, 1.54) is 51.4 Å². The van der Waals surface area contributed by atoms with Crippen molar-refractivity contribution < 1.29 is 15.0 Å². The highest BCUT2D eigenvalue weighted by atomic mass is 16.3. The molecule has 0 aromatic carbocycles. The fourth-order valence-corrected chi connectivity index (χ4v) is 4.01. The number of hydrogen-bond donors (Lipinski definition) is 3. The second kappa shape index (κ2) is 27.9. The van der Waals surface area contributed by atoms with Crippen LogP contribution < -0.4 is 5.32 Å². The summed E-state index contributed by atoms with van der Waals surface area (Å²) in [7, 11) is 0. The van der Waals surface area contributed by atoms with E-state index in [1.807, 2.05) is 6.08 Å². The summed E-state index contributed by atoms with van der Waals surface area (Å²) >= 11 is 0. The zero-order chi connectivity index (χ0) is 26.5. The molecule has 36 heavy (non-hydrogen) atoms. The minimum Gasteiger partial charge on any atom is -0.394 e. The molecule has 2 unspecified atom stereocenters. The van der Waals surface area contributed by atoms with Gasteiger partial charge in [0.05, 0.1) is 18.8 Å². The van der Waals surface area contributed by atoms with Crippen LogP contribution in [0.1, 0.15) is 129 Å². The zero-order valence-electron chi connectivity index (χ0n) is 23.5. The molecule has 0 aromatic heterocycles. The van der Waals surface area contributed by atoms with E-state index in [4.69, 9.17) is 0 Å². The van der Waals surface area contributed by atoms with Crippen molar-refractivity contribution in [3.63, 3.8) is 0 Å². The van der Waals surface area contributed by atoms with E-state index in [-0.39, 0.29) is 12.5 Å². The van der Waals surface area contributed by atoms with Crippen LogP contribution in [-0.4, -0.2) is 34.9 Å². The van der Waals surface area contributed by atoms with Crippen molar-refractivity contribution in [3.8, 4) is 0 Å². The summed E-state index contributed by atoms with van der Waals surface area (Å²) in [4.78, 5) is 12.2. The third kappa shape index (κ3) is 24.1. The Kier molecular flexibility index (Phi) is 26.6. The molecule has 0 fully saturated rings. The van der Waals surface area contributed by atoms with Gasteiger partial charge in [-0.3, -0.25) is 4.79 Å². The maximum absolute atomic E-state index is 12.2. The van der Waals surface area contributed by atoms with E-state index in [0.29, 0.717) is 6.42 Å².